The number of ether oxygens (including phenoxy) is 1. The van der Waals surface area contributed by atoms with E-state index in [0.717, 1.165) is 32.4 Å². The number of rotatable bonds is 5. The molecular weight excluding hydrogens is 268 g/mol. The van der Waals surface area contributed by atoms with E-state index >= 15 is 0 Å². The minimum absolute atomic E-state index is 0.0882. The van der Waals surface area contributed by atoms with Crippen LogP contribution >= 0.6 is 0 Å². The SMILES string of the molecule is C[C@H]1CCCC[C@H]1OCC(=O)N1CCC(CC(N)=O)CC1. The van der Waals surface area contributed by atoms with Crippen molar-refractivity contribution in [3.05, 3.63) is 0 Å². The lowest BCUT2D eigenvalue weighted by molar-refractivity contribution is -0.141. The van der Waals surface area contributed by atoms with Gasteiger partial charge in [0.15, 0.2) is 0 Å². The molecule has 1 aliphatic heterocycles. The summed E-state index contributed by atoms with van der Waals surface area (Å²) < 4.78 is 5.84. The minimum atomic E-state index is -0.241. The Morgan fingerprint density at radius 3 is 2.43 bits per heavy atom. The lowest BCUT2D eigenvalue weighted by atomic mass is 9.88. The maximum absolute atomic E-state index is 12.2. The maximum Gasteiger partial charge on any atom is 0.248 e. The Bertz CT molecular complexity index is 365. The van der Waals surface area contributed by atoms with Crippen molar-refractivity contribution in [2.24, 2.45) is 17.6 Å². The summed E-state index contributed by atoms with van der Waals surface area (Å²) in [5, 5.41) is 0. The molecule has 1 heterocycles. The first-order valence-corrected chi connectivity index (χ1v) is 8.24. The number of carbonyl (C=O) groups is 2. The molecule has 0 aromatic heterocycles. The van der Waals surface area contributed by atoms with Gasteiger partial charge in [-0.3, -0.25) is 9.59 Å². The van der Waals surface area contributed by atoms with Crippen LogP contribution in [-0.2, 0) is 14.3 Å². The molecule has 21 heavy (non-hydrogen) atoms. The van der Waals surface area contributed by atoms with Crippen molar-refractivity contribution in [3.63, 3.8) is 0 Å². The molecule has 2 fully saturated rings. The zero-order valence-corrected chi connectivity index (χ0v) is 13.1. The average molecular weight is 296 g/mol. The predicted molar refractivity (Wildman–Crippen MR) is 80.5 cm³/mol. The van der Waals surface area contributed by atoms with Gasteiger partial charge in [-0.1, -0.05) is 19.8 Å². The second-order valence-corrected chi connectivity index (χ2v) is 6.61. The zero-order valence-electron chi connectivity index (χ0n) is 13.1. The summed E-state index contributed by atoms with van der Waals surface area (Å²) in [4.78, 5) is 25.0. The zero-order chi connectivity index (χ0) is 15.2. The molecule has 1 saturated carbocycles. The second-order valence-electron chi connectivity index (χ2n) is 6.61. The third-order valence-corrected chi connectivity index (χ3v) is 4.91. The number of piperidine rings is 1. The van der Waals surface area contributed by atoms with Crippen molar-refractivity contribution in [2.45, 2.75) is 58.0 Å². The number of amides is 2. The first-order valence-electron chi connectivity index (χ1n) is 8.24. The summed E-state index contributed by atoms with van der Waals surface area (Å²) in [7, 11) is 0. The second kappa shape index (κ2) is 7.78. The Balaban J connectivity index is 1.68. The van der Waals surface area contributed by atoms with Crippen molar-refractivity contribution in [2.75, 3.05) is 19.7 Å². The van der Waals surface area contributed by atoms with Crippen LogP contribution in [0.5, 0.6) is 0 Å². The van der Waals surface area contributed by atoms with Crippen molar-refractivity contribution < 1.29 is 14.3 Å². The van der Waals surface area contributed by atoms with Crippen LogP contribution < -0.4 is 5.73 Å². The summed E-state index contributed by atoms with van der Waals surface area (Å²) in [5.41, 5.74) is 5.22. The largest absolute Gasteiger partial charge is 0.370 e. The van der Waals surface area contributed by atoms with E-state index in [0.29, 0.717) is 18.3 Å². The van der Waals surface area contributed by atoms with Crippen LogP contribution in [0, 0.1) is 11.8 Å². The first kappa shape index (κ1) is 16.3. The fourth-order valence-corrected chi connectivity index (χ4v) is 3.47. The van der Waals surface area contributed by atoms with Gasteiger partial charge in [0.05, 0.1) is 6.10 Å². The monoisotopic (exact) mass is 296 g/mol. The molecule has 2 N–H and O–H groups in total. The van der Waals surface area contributed by atoms with E-state index < -0.39 is 0 Å². The summed E-state index contributed by atoms with van der Waals surface area (Å²) >= 11 is 0. The third-order valence-electron chi connectivity index (χ3n) is 4.91. The number of hydrogen-bond acceptors (Lipinski definition) is 3. The highest BCUT2D eigenvalue weighted by molar-refractivity contribution is 5.77. The topological polar surface area (TPSA) is 72.6 Å². The fourth-order valence-electron chi connectivity index (χ4n) is 3.47. The molecule has 5 nitrogen and oxygen atoms in total. The lowest BCUT2D eigenvalue weighted by Gasteiger charge is -2.33. The Morgan fingerprint density at radius 2 is 1.81 bits per heavy atom. The number of carbonyl (C=O) groups excluding carboxylic acids is 2. The molecule has 0 aromatic rings. The van der Waals surface area contributed by atoms with E-state index in [1.165, 1.54) is 19.3 Å². The molecular formula is C16H28N2O3. The fraction of sp³-hybridized carbons (Fsp3) is 0.875. The summed E-state index contributed by atoms with van der Waals surface area (Å²) in [5.74, 6) is 0.749. The van der Waals surface area contributed by atoms with E-state index in [4.69, 9.17) is 10.5 Å². The maximum atomic E-state index is 12.2. The normalized spacial score (nSPS) is 27.6. The highest BCUT2D eigenvalue weighted by Crippen LogP contribution is 2.26. The van der Waals surface area contributed by atoms with Crippen molar-refractivity contribution in [3.8, 4) is 0 Å². The molecule has 120 valence electrons. The molecule has 2 aliphatic rings. The van der Waals surface area contributed by atoms with E-state index in [-0.39, 0.29) is 24.5 Å². The van der Waals surface area contributed by atoms with Crippen molar-refractivity contribution in [1.29, 1.82) is 0 Å². The Morgan fingerprint density at radius 1 is 1.14 bits per heavy atom. The highest BCUT2D eigenvalue weighted by atomic mass is 16.5. The van der Waals surface area contributed by atoms with Crippen LogP contribution in [0.1, 0.15) is 51.9 Å². The number of nitrogens with zero attached hydrogens (tertiary/aromatic N) is 1. The molecule has 0 bridgehead atoms. The molecule has 2 rings (SSSR count). The molecule has 1 saturated heterocycles. The molecule has 2 amide bonds. The van der Waals surface area contributed by atoms with Gasteiger partial charge >= 0.3 is 0 Å². The third kappa shape index (κ3) is 4.99. The van der Waals surface area contributed by atoms with Gasteiger partial charge in [-0.15, -0.1) is 0 Å². The first-order chi connectivity index (χ1) is 10.1. The molecule has 2 atom stereocenters. The Hall–Kier alpha value is -1.10. The van der Waals surface area contributed by atoms with Gasteiger partial charge in [-0.05, 0) is 37.5 Å². The van der Waals surface area contributed by atoms with E-state index in [1.54, 1.807) is 0 Å². The van der Waals surface area contributed by atoms with E-state index in [9.17, 15) is 9.59 Å². The molecule has 1 aliphatic carbocycles. The van der Waals surface area contributed by atoms with Crippen LogP contribution in [0.25, 0.3) is 0 Å². The minimum Gasteiger partial charge on any atom is -0.370 e. The van der Waals surface area contributed by atoms with Gasteiger partial charge < -0.3 is 15.4 Å². The van der Waals surface area contributed by atoms with Crippen molar-refractivity contribution in [1.82, 2.24) is 4.90 Å². The van der Waals surface area contributed by atoms with Crippen LogP contribution in [0.15, 0.2) is 0 Å². The lowest BCUT2D eigenvalue weighted by Crippen LogP contribution is -2.42. The van der Waals surface area contributed by atoms with E-state index in [1.807, 2.05) is 4.90 Å². The molecule has 0 radical (unpaired) electrons. The molecule has 5 heteroatoms. The van der Waals surface area contributed by atoms with Gasteiger partial charge in [-0.2, -0.15) is 0 Å². The summed E-state index contributed by atoms with van der Waals surface area (Å²) in [6, 6.07) is 0. The Kier molecular flexibility index (Phi) is 6.03. The number of hydrogen-bond donors (Lipinski definition) is 1. The van der Waals surface area contributed by atoms with Crippen LogP contribution in [0.4, 0.5) is 0 Å². The van der Waals surface area contributed by atoms with Crippen LogP contribution in [-0.4, -0.2) is 42.5 Å². The van der Waals surface area contributed by atoms with Gasteiger partial charge in [0.25, 0.3) is 0 Å². The standard InChI is InChI=1S/C16H28N2O3/c1-12-4-2-3-5-14(12)21-11-16(20)18-8-6-13(7-9-18)10-15(17)19/h12-14H,2-11H2,1H3,(H2,17,19)/t12-,14+/m0/s1. The van der Waals surface area contributed by atoms with E-state index in [2.05, 4.69) is 6.92 Å². The van der Waals surface area contributed by atoms with Crippen LogP contribution in [0.3, 0.4) is 0 Å². The molecule has 0 aromatic carbocycles. The quantitative estimate of drug-likeness (QED) is 0.839. The van der Waals surface area contributed by atoms with Gasteiger partial charge in [0, 0.05) is 19.5 Å². The average Bonchev–Trinajstić information content (AvgIpc) is 2.46. The highest BCUT2D eigenvalue weighted by Gasteiger charge is 2.26. The van der Waals surface area contributed by atoms with Crippen molar-refractivity contribution >= 4 is 11.8 Å². The van der Waals surface area contributed by atoms with Gasteiger partial charge in [0.1, 0.15) is 6.61 Å². The number of primary amides is 1. The number of likely N-dealkylation sites (tertiary alicyclic amines) is 1. The van der Waals surface area contributed by atoms with Crippen LogP contribution in [0.2, 0.25) is 0 Å². The predicted octanol–water partition coefficient (Wildman–Crippen LogP) is 1.70. The summed E-state index contributed by atoms with van der Waals surface area (Å²) in [6.45, 7) is 3.86. The molecule has 0 spiro atoms. The molecule has 0 unspecified atom stereocenters. The van der Waals surface area contributed by atoms with Gasteiger partial charge in [0.2, 0.25) is 11.8 Å². The van der Waals surface area contributed by atoms with Gasteiger partial charge in [-0.25, -0.2) is 0 Å². The Labute approximate surface area is 127 Å². The number of nitrogens with two attached hydrogens (primary N) is 1. The smallest absolute Gasteiger partial charge is 0.248 e. The summed E-state index contributed by atoms with van der Waals surface area (Å²) in [6.07, 6.45) is 7.20.